The number of unbranched alkanes of at least 4 members (excludes halogenated alkanes) is 3. The Labute approximate surface area is 187 Å². The zero-order valence-corrected chi connectivity index (χ0v) is 19.1. The average Bonchev–Trinajstić information content (AvgIpc) is 3.27. The second kappa shape index (κ2) is 12.0. The maximum atomic E-state index is 12.7. The van der Waals surface area contributed by atoms with Crippen LogP contribution in [0.5, 0.6) is 11.5 Å². The third-order valence-corrected chi connectivity index (χ3v) is 5.62. The predicted octanol–water partition coefficient (Wildman–Crippen LogP) is 6.22. The zero-order chi connectivity index (χ0) is 21.2. The van der Waals surface area contributed by atoms with Crippen molar-refractivity contribution in [1.82, 2.24) is 0 Å². The summed E-state index contributed by atoms with van der Waals surface area (Å²) in [5.74, 6) is 1.30. The summed E-state index contributed by atoms with van der Waals surface area (Å²) in [5.41, 5.74) is 1.25. The van der Waals surface area contributed by atoms with Crippen molar-refractivity contribution < 1.29 is 19.0 Å². The van der Waals surface area contributed by atoms with Crippen LogP contribution >= 0.6 is 15.9 Å². The SMILES string of the molecule is CCCCCCOc1ccc(C(=O)Nc2cccc(OCC3CCCO3)c2)cc1Br. The highest BCUT2D eigenvalue weighted by molar-refractivity contribution is 9.10. The van der Waals surface area contributed by atoms with E-state index in [1.54, 1.807) is 12.1 Å². The molecule has 1 N–H and O–H groups in total. The minimum atomic E-state index is -0.179. The molecule has 1 atom stereocenters. The number of hydrogen-bond donors (Lipinski definition) is 1. The van der Waals surface area contributed by atoms with Crippen LogP contribution in [-0.4, -0.2) is 31.8 Å². The minimum absolute atomic E-state index is 0.160. The number of halogens is 1. The van der Waals surface area contributed by atoms with Gasteiger partial charge >= 0.3 is 0 Å². The van der Waals surface area contributed by atoms with Gasteiger partial charge in [-0.05, 0) is 65.5 Å². The predicted molar refractivity (Wildman–Crippen MR) is 123 cm³/mol. The summed E-state index contributed by atoms with van der Waals surface area (Å²) in [5, 5.41) is 2.93. The number of rotatable bonds is 11. The van der Waals surface area contributed by atoms with Gasteiger partial charge in [0.05, 0.1) is 17.2 Å². The molecule has 6 heteroatoms. The summed E-state index contributed by atoms with van der Waals surface area (Å²) in [7, 11) is 0. The van der Waals surface area contributed by atoms with Crippen LogP contribution in [0.2, 0.25) is 0 Å². The van der Waals surface area contributed by atoms with E-state index in [0.717, 1.165) is 41.8 Å². The highest BCUT2D eigenvalue weighted by atomic mass is 79.9. The zero-order valence-electron chi connectivity index (χ0n) is 17.5. The molecular weight excluding hydrogens is 446 g/mol. The number of benzene rings is 2. The molecule has 5 nitrogen and oxygen atoms in total. The second-order valence-corrected chi connectivity index (χ2v) is 8.34. The van der Waals surface area contributed by atoms with E-state index in [1.807, 2.05) is 30.3 Å². The van der Waals surface area contributed by atoms with Crippen molar-refractivity contribution >= 4 is 27.5 Å². The van der Waals surface area contributed by atoms with Crippen molar-refractivity contribution in [3.63, 3.8) is 0 Å². The van der Waals surface area contributed by atoms with Gasteiger partial charge in [-0.1, -0.05) is 32.3 Å². The summed E-state index contributed by atoms with van der Waals surface area (Å²) >= 11 is 3.51. The molecule has 1 fully saturated rings. The van der Waals surface area contributed by atoms with Crippen LogP contribution in [0.4, 0.5) is 5.69 Å². The van der Waals surface area contributed by atoms with Gasteiger partial charge in [-0.25, -0.2) is 0 Å². The Balaban J connectivity index is 1.52. The van der Waals surface area contributed by atoms with Gasteiger partial charge in [0.15, 0.2) is 0 Å². The average molecular weight is 476 g/mol. The Morgan fingerprint density at radius 1 is 1.17 bits per heavy atom. The molecule has 0 bridgehead atoms. The molecule has 0 aromatic heterocycles. The van der Waals surface area contributed by atoms with Crippen LogP contribution in [0.1, 0.15) is 55.8 Å². The fourth-order valence-corrected chi connectivity index (χ4v) is 3.80. The number of hydrogen-bond acceptors (Lipinski definition) is 4. The third-order valence-electron chi connectivity index (χ3n) is 5.00. The summed E-state index contributed by atoms with van der Waals surface area (Å²) in [4.78, 5) is 12.7. The Kier molecular flexibility index (Phi) is 9.02. The van der Waals surface area contributed by atoms with E-state index < -0.39 is 0 Å². The van der Waals surface area contributed by atoms with Crippen molar-refractivity contribution in [2.75, 3.05) is 25.1 Å². The smallest absolute Gasteiger partial charge is 0.255 e. The van der Waals surface area contributed by atoms with Gasteiger partial charge < -0.3 is 19.5 Å². The van der Waals surface area contributed by atoms with Gasteiger partial charge in [-0.2, -0.15) is 0 Å². The molecule has 1 heterocycles. The first-order valence-corrected chi connectivity index (χ1v) is 11.5. The molecule has 0 saturated carbocycles. The van der Waals surface area contributed by atoms with E-state index in [-0.39, 0.29) is 12.0 Å². The van der Waals surface area contributed by atoms with E-state index in [0.29, 0.717) is 24.5 Å². The number of carbonyl (C=O) groups excluding carboxylic acids is 1. The van der Waals surface area contributed by atoms with Crippen molar-refractivity contribution in [2.24, 2.45) is 0 Å². The lowest BCUT2D eigenvalue weighted by molar-refractivity contribution is 0.0680. The third kappa shape index (κ3) is 7.03. The second-order valence-electron chi connectivity index (χ2n) is 7.48. The monoisotopic (exact) mass is 475 g/mol. The summed E-state index contributed by atoms with van der Waals surface area (Å²) in [6.07, 6.45) is 6.92. The Morgan fingerprint density at radius 3 is 2.83 bits per heavy atom. The fourth-order valence-electron chi connectivity index (χ4n) is 3.30. The van der Waals surface area contributed by atoms with Crippen molar-refractivity contribution in [3.05, 3.63) is 52.5 Å². The van der Waals surface area contributed by atoms with Crippen LogP contribution in [0.3, 0.4) is 0 Å². The Morgan fingerprint density at radius 2 is 2.07 bits per heavy atom. The van der Waals surface area contributed by atoms with Crippen molar-refractivity contribution in [2.45, 2.75) is 51.6 Å². The first-order valence-electron chi connectivity index (χ1n) is 10.7. The lowest BCUT2D eigenvalue weighted by Crippen LogP contribution is -2.16. The van der Waals surface area contributed by atoms with Gasteiger partial charge in [0.2, 0.25) is 0 Å². The molecule has 1 amide bonds. The number of nitrogens with one attached hydrogen (secondary N) is 1. The van der Waals surface area contributed by atoms with E-state index in [9.17, 15) is 4.79 Å². The summed E-state index contributed by atoms with van der Waals surface area (Å²) < 4.78 is 18.0. The molecule has 30 heavy (non-hydrogen) atoms. The molecule has 2 aromatic rings. The van der Waals surface area contributed by atoms with Gasteiger partial charge in [-0.3, -0.25) is 4.79 Å². The van der Waals surface area contributed by atoms with Crippen LogP contribution in [-0.2, 0) is 4.74 Å². The maximum absolute atomic E-state index is 12.7. The fraction of sp³-hybridized carbons (Fsp3) is 0.458. The van der Waals surface area contributed by atoms with Crippen molar-refractivity contribution in [3.8, 4) is 11.5 Å². The van der Waals surface area contributed by atoms with E-state index >= 15 is 0 Å². The molecule has 3 rings (SSSR count). The van der Waals surface area contributed by atoms with Crippen LogP contribution in [0.15, 0.2) is 46.9 Å². The lowest BCUT2D eigenvalue weighted by Gasteiger charge is -2.13. The molecule has 0 aliphatic carbocycles. The highest BCUT2D eigenvalue weighted by Crippen LogP contribution is 2.27. The molecule has 1 unspecified atom stereocenters. The molecule has 1 aliphatic rings. The first-order chi connectivity index (χ1) is 14.7. The number of carbonyl (C=O) groups is 1. The first kappa shape index (κ1) is 22.6. The van der Waals surface area contributed by atoms with Crippen LogP contribution in [0, 0.1) is 0 Å². The topological polar surface area (TPSA) is 56.8 Å². The van der Waals surface area contributed by atoms with Crippen molar-refractivity contribution in [1.29, 1.82) is 0 Å². The molecule has 2 aromatic carbocycles. The number of amides is 1. The minimum Gasteiger partial charge on any atom is -0.492 e. The van der Waals surface area contributed by atoms with E-state index in [4.69, 9.17) is 14.2 Å². The standard InChI is InChI=1S/C24H30BrNO4/c1-2-3-4-5-13-29-23-12-11-18(15-22(23)25)24(27)26-19-8-6-9-20(16-19)30-17-21-10-7-14-28-21/h6,8-9,11-12,15-16,21H,2-5,7,10,13-14,17H2,1H3,(H,26,27). The molecule has 1 aliphatic heterocycles. The van der Waals surface area contributed by atoms with Gasteiger partial charge in [0.1, 0.15) is 18.1 Å². The van der Waals surface area contributed by atoms with Crippen LogP contribution in [0.25, 0.3) is 0 Å². The molecule has 0 radical (unpaired) electrons. The maximum Gasteiger partial charge on any atom is 0.255 e. The normalized spacial score (nSPS) is 15.7. The molecule has 0 spiro atoms. The van der Waals surface area contributed by atoms with Crippen LogP contribution < -0.4 is 14.8 Å². The Bertz CT molecular complexity index is 821. The lowest BCUT2D eigenvalue weighted by atomic mass is 10.2. The molecule has 162 valence electrons. The number of anilines is 1. The van der Waals surface area contributed by atoms with E-state index in [1.165, 1.54) is 19.3 Å². The van der Waals surface area contributed by atoms with Gasteiger partial charge in [0, 0.05) is 23.9 Å². The quantitative estimate of drug-likeness (QED) is 0.392. The van der Waals surface area contributed by atoms with Gasteiger partial charge in [0.25, 0.3) is 5.91 Å². The largest absolute Gasteiger partial charge is 0.492 e. The van der Waals surface area contributed by atoms with Gasteiger partial charge in [-0.15, -0.1) is 0 Å². The highest BCUT2D eigenvalue weighted by Gasteiger charge is 2.16. The summed E-state index contributed by atoms with van der Waals surface area (Å²) in [6, 6.07) is 12.8. The number of ether oxygens (including phenoxy) is 3. The Hall–Kier alpha value is -2.05. The molecule has 1 saturated heterocycles. The molecular formula is C24H30BrNO4. The summed E-state index contributed by atoms with van der Waals surface area (Å²) in [6.45, 7) is 4.21. The van der Waals surface area contributed by atoms with E-state index in [2.05, 4.69) is 28.2 Å².